The van der Waals surface area contributed by atoms with E-state index in [1.165, 1.54) is 0 Å². The zero-order valence-corrected chi connectivity index (χ0v) is 10.7. The van der Waals surface area contributed by atoms with E-state index in [0.29, 0.717) is 5.56 Å². The number of benzene rings is 1. The molecule has 1 atom stereocenters. The summed E-state index contributed by atoms with van der Waals surface area (Å²) >= 11 is 3.43. The van der Waals surface area contributed by atoms with E-state index < -0.39 is 6.04 Å². The first kappa shape index (κ1) is 12.2. The molecule has 0 bridgehead atoms. The maximum atomic E-state index is 11.6. The van der Waals surface area contributed by atoms with Crippen LogP contribution in [0.3, 0.4) is 0 Å². The minimum atomic E-state index is -0.456. The Labute approximate surface area is 98.4 Å². The average molecular weight is 271 g/mol. The van der Waals surface area contributed by atoms with Gasteiger partial charge in [-0.2, -0.15) is 0 Å². The van der Waals surface area contributed by atoms with Gasteiger partial charge in [0.25, 0.3) is 0 Å². The van der Waals surface area contributed by atoms with E-state index in [2.05, 4.69) is 15.9 Å². The Bertz CT molecular complexity index is 375. The quantitative estimate of drug-likeness (QED) is 0.856. The van der Waals surface area contributed by atoms with Gasteiger partial charge in [0, 0.05) is 24.1 Å². The number of Topliss-reactive ketones (excluding diaryl/α,β-unsaturated/α-hetero) is 1. The number of carbonyl (C=O) groups excluding carboxylic acids is 1. The summed E-state index contributed by atoms with van der Waals surface area (Å²) in [4.78, 5) is 13.6. The second-order valence-corrected chi connectivity index (χ2v) is 4.57. The average Bonchev–Trinajstić information content (AvgIpc) is 2.15. The fourth-order valence-electron chi connectivity index (χ4n) is 1.29. The Kier molecular flexibility index (Phi) is 3.88. The molecule has 0 aliphatic rings. The number of anilines is 1. The molecule has 0 aliphatic carbocycles. The molecule has 0 aliphatic heterocycles. The maximum Gasteiger partial charge on any atom is 0.179 e. The molecule has 4 heteroatoms. The molecular formula is C11H15BrN2O. The van der Waals surface area contributed by atoms with Gasteiger partial charge in [0.15, 0.2) is 5.78 Å². The molecule has 1 aromatic carbocycles. The third-order valence-electron chi connectivity index (χ3n) is 2.13. The molecule has 82 valence electrons. The fourth-order valence-corrected chi connectivity index (χ4v) is 2.02. The number of hydrogen-bond acceptors (Lipinski definition) is 3. The van der Waals surface area contributed by atoms with Crippen molar-refractivity contribution in [2.45, 2.75) is 13.0 Å². The summed E-state index contributed by atoms with van der Waals surface area (Å²) in [5.41, 5.74) is 7.22. The topological polar surface area (TPSA) is 46.3 Å². The van der Waals surface area contributed by atoms with E-state index in [-0.39, 0.29) is 5.78 Å². The first-order valence-electron chi connectivity index (χ1n) is 4.70. The van der Waals surface area contributed by atoms with Crippen molar-refractivity contribution >= 4 is 27.4 Å². The maximum absolute atomic E-state index is 11.6. The normalized spacial score (nSPS) is 12.3. The summed E-state index contributed by atoms with van der Waals surface area (Å²) in [7, 11) is 3.90. The van der Waals surface area contributed by atoms with Gasteiger partial charge in [0.05, 0.1) is 11.7 Å². The van der Waals surface area contributed by atoms with Crippen molar-refractivity contribution in [1.29, 1.82) is 0 Å². The molecule has 0 fully saturated rings. The van der Waals surface area contributed by atoms with Crippen LogP contribution < -0.4 is 10.6 Å². The van der Waals surface area contributed by atoms with Gasteiger partial charge in [-0.05, 0) is 41.1 Å². The van der Waals surface area contributed by atoms with Gasteiger partial charge >= 0.3 is 0 Å². The van der Waals surface area contributed by atoms with Crippen LogP contribution in [-0.4, -0.2) is 25.9 Å². The van der Waals surface area contributed by atoms with Crippen molar-refractivity contribution < 1.29 is 4.79 Å². The lowest BCUT2D eigenvalue weighted by Crippen LogP contribution is -2.26. The van der Waals surface area contributed by atoms with E-state index >= 15 is 0 Å². The molecule has 0 aromatic heterocycles. The summed E-state index contributed by atoms with van der Waals surface area (Å²) in [6.45, 7) is 1.69. The van der Waals surface area contributed by atoms with Crippen molar-refractivity contribution in [3.05, 3.63) is 28.2 Å². The lowest BCUT2D eigenvalue weighted by atomic mass is 10.1. The van der Waals surface area contributed by atoms with Gasteiger partial charge in [0.2, 0.25) is 0 Å². The zero-order chi connectivity index (χ0) is 11.6. The molecule has 0 saturated heterocycles. The first-order chi connectivity index (χ1) is 6.93. The molecule has 1 rings (SSSR count). The van der Waals surface area contributed by atoms with Crippen LogP contribution in [0, 0.1) is 0 Å². The van der Waals surface area contributed by atoms with E-state index in [4.69, 9.17) is 5.73 Å². The van der Waals surface area contributed by atoms with Crippen molar-refractivity contribution in [3.8, 4) is 0 Å². The summed E-state index contributed by atoms with van der Waals surface area (Å²) in [6, 6.07) is 5.05. The number of hydrogen-bond donors (Lipinski definition) is 1. The Balaban J connectivity index is 3.07. The molecule has 0 spiro atoms. The summed E-state index contributed by atoms with van der Waals surface area (Å²) in [5, 5.41) is 0. The number of carbonyl (C=O) groups is 1. The molecule has 0 saturated carbocycles. The highest BCUT2D eigenvalue weighted by Gasteiger charge is 2.12. The van der Waals surface area contributed by atoms with Crippen LogP contribution in [0.4, 0.5) is 5.69 Å². The minimum absolute atomic E-state index is 0.0407. The third kappa shape index (κ3) is 2.79. The number of ketones is 1. The van der Waals surface area contributed by atoms with Gasteiger partial charge in [-0.25, -0.2) is 0 Å². The Morgan fingerprint density at radius 2 is 2.07 bits per heavy atom. The second kappa shape index (κ2) is 4.77. The van der Waals surface area contributed by atoms with E-state index in [0.717, 1.165) is 10.2 Å². The highest BCUT2D eigenvalue weighted by Crippen LogP contribution is 2.26. The highest BCUT2D eigenvalue weighted by atomic mass is 79.9. The molecule has 0 amide bonds. The molecular weight excluding hydrogens is 256 g/mol. The Morgan fingerprint density at radius 1 is 1.47 bits per heavy atom. The first-order valence-corrected chi connectivity index (χ1v) is 5.49. The molecule has 2 N–H and O–H groups in total. The van der Waals surface area contributed by atoms with E-state index in [9.17, 15) is 4.79 Å². The summed E-state index contributed by atoms with van der Waals surface area (Å²) in [5.74, 6) is -0.0407. The molecule has 0 heterocycles. The van der Waals surface area contributed by atoms with Crippen LogP contribution in [0.2, 0.25) is 0 Å². The molecule has 1 aromatic rings. The molecule has 0 radical (unpaired) electrons. The van der Waals surface area contributed by atoms with Crippen molar-refractivity contribution in [2.75, 3.05) is 19.0 Å². The van der Waals surface area contributed by atoms with Crippen LogP contribution in [0.15, 0.2) is 22.7 Å². The number of halogens is 1. The monoisotopic (exact) mass is 270 g/mol. The molecule has 15 heavy (non-hydrogen) atoms. The second-order valence-electron chi connectivity index (χ2n) is 3.71. The molecule has 3 nitrogen and oxygen atoms in total. The number of nitrogens with zero attached hydrogens (tertiary/aromatic N) is 1. The van der Waals surface area contributed by atoms with Crippen LogP contribution >= 0.6 is 15.9 Å². The number of nitrogens with two attached hydrogens (primary N) is 1. The van der Waals surface area contributed by atoms with Gasteiger partial charge in [-0.15, -0.1) is 0 Å². The van der Waals surface area contributed by atoms with Gasteiger partial charge in [0.1, 0.15) is 0 Å². The minimum Gasteiger partial charge on any atom is -0.377 e. The smallest absolute Gasteiger partial charge is 0.179 e. The van der Waals surface area contributed by atoms with Crippen LogP contribution in [0.1, 0.15) is 17.3 Å². The van der Waals surface area contributed by atoms with Crippen LogP contribution in [0.5, 0.6) is 0 Å². The number of rotatable bonds is 3. The predicted molar refractivity (Wildman–Crippen MR) is 66.4 cm³/mol. The summed E-state index contributed by atoms with van der Waals surface area (Å²) < 4.78 is 0.902. The van der Waals surface area contributed by atoms with Crippen molar-refractivity contribution in [2.24, 2.45) is 5.73 Å². The van der Waals surface area contributed by atoms with E-state index in [1.807, 2.05) is 25.1 Å². The lowest BCUT2D eigenvalue weighted by Gasteiger charge is -2.15. The van der Waals surface area contributed by atoms with E-state index in [1.54, 1.807) is 19.1 Å². The van der Waals surface area contributed by atoms with Crippen molar-refractivity contribution in [1.82, 2.24) is 0 Å². The SMILES string of the molecule is CC(N)C(=O)c1ccc(N(C)C)c(Br)c1. The third-order valence-corrected chi connectivity index (χ3v) is 2.76. The largest absolute Gasteiger partial charge is 0.377 e. The fraction of sp³-hybridized carbons (Fsp3) is 0.364. The summed E-state index contributed by atoms with van der Waals surface area (Å²) in [6.07, 6.45) is 0. The van der Waals surface area contributed by atoms with Crippen LogP contribution in [0.25, 0.3) is 0 Å². The molecule has 1 unspecified atom stereocenters. The predicted octanol–water partition coefficient (Wildman–Crippen LogP) is 2.04. The van der Waals surface area contributed by atoms with Gasteiger partial charge in [-0.1, -0.05) is 0 Å². The zero-order valence-electron chi connectivity index (χ0n) is 9.12. The lowest BCUT2D eigenvalue weighted by molar-refractivity contribution is 0.0968. The Morgan fingerprint density at radius 3 is 2.47 bits per heavy atom. The van der Waals surface area contributed by atoms with Crippen LogP contribution in [-0.2, 0) is 0 Å². The standard InChI is InChI=1S/C11H15BrN2O/c1-7(13)11(15)8-4-5-10(14(2)3)9(12)6-8/h4-7H,13H2,1-3H3. The van der Waals surface area contributed by atoms with Gasteiger partial charge < -0.3 is 10.6 Å². The Hall–Kier alpha value is -0.870. The highest BCUT2D eigenvalue weighted by molar-refractivity contribution is 9.10. The van der Waals surface area contributed by atoms with Crippen molar-refractivity contribution in [3.63, 3.8) is 0 Å². The van der Waals surface area contributed by atoms with Gasteiger partial charge in [-0.3, -0.25) is 4.79 Å².